The molecule has 0 spiro atoms. The van der Waals surface area contributed by atoms with Gasteiger partial charge in [-0.05, 0) is 61.7 Å². The number of amides is 2. The van der Waals surface area contributed by atoms with Crippen LogP contribution >= 0.6 is 0 Å². The lowest BCUT2D eigenvalue weighted by Gasteiger charge is -2.08. The molecule has 118 valence electrons. The quantitative estimate of drug-likeness (QED) is 0.903. The maximum absolute atomic E-state index is 13.8. The summed E-state index contributed by atoms with van der Waals surface area (Å²) in [6, 6.07) is 11.2. The maximum Gasteiger partial charge on any atom is 0.255 e. The van der Waals surface area contributed by atoms with Crippen LogP contribution in [0.25, 0.3) is 0 Å². The third kappa shape index (κ3) is 3.74. The van der Waals surface area contributed by atoms with Crippen molar-refractivity contribution in [2.75, 3.05) is 10.6 Å². The first kappa shape index (κ1) is 15.2. The normalized spacial score (nSPS) is 13.5. The molecule has 23 heavy (non-hydrogen) atoms. The van der Waals surface area contributed by atoms with Crippen LogP contribution in [0.15, 0.2) is 42.5 Å². The lowest BCUT2D eigenvalue weighted by atomic mass is 10.1. The molecule has 1 saturated carbocycles. The molecule has 4 nitrogen and oxygen atoms in total. The average molecular weight is 312 g/mol. The van der Waals surface area contributed by atoms with Gasteiger partial charge in [0.1, 0.15) is 5.82 Å². The molecule has 2 aromatic carbocycles. The van der Waals surface area contributed by atoms with Gasteiger partial charge in [-0.25, -0.2) is 4.39 Å². The number of rotatable bonds is 4. The van der Waals surface area contributed by atoms with E-state index in [1.54, 1.807) is 37.3 Å². The van der Waals surface area contributed by atoms with Gasteiger partial charge in [0.05, 0.1) is 5.69 Å². The van der Waals surface area contributed by atoms with Crippen LogP contribution in [-0.2, 0) is 4.79 Å². The van der Waals surface area contributed by atoms with Crippen LogP contribution < -0.4 is 10.6 Å². The number of benzene rings is 2. The largest absolute Gasteiger partial charge is 0.326 e. The van der Waals surface area contributed by atoms with Crippen LogP contribution in [-0.4, -0.2) is 11.8 Å². The standard InChI is InChI=1S/C18H17FN2O2/c1-11-2-9-16(15(19)10-11)21-18(23)13-5-7-14(8-6-13)20-17(22)12-3-4-12/h2,5-10,12H,3-4H2,1H3,(H,20,22)(H,21,23). The predicted molar refractivity (Wildman–Crippen MR) is 86.9 cm³/mol. The molecule has 0 heterocycles. The topological polar surface area (TPSA) is 58.2 Å². The summed E-state index contributed by atoms with van der Waals surface area (Å²) in [6.45, 7) is 1.78. The number of carbonyl (C=O) groups is 2. The Morgan fingerprint density at radius 3 is 2.35 bits per heavy atom. The van der Waals surface area contributed by atoms with Crippen molar-refractivity contribution in [2.45, 2.75) is 19.8 Å². The Kier molecular flexibility index (Phi) is 4.10. The maximum atomic E-state index is 13.8. The van der Waals surface area contributed by atoms with Gasteiger partial charge < -0.3 is 10.6 Å². The van der Waals surface area contributed by atoms with Gasteiger partial charge in [-0.15, -0.1) is 0 Å². The van der Waals surface area contributed by atoms with Crippen molar-refractivity contribution >= 4 is 23.2 Å². The Morgan fingerprint density at radius 1 is 1.04 bits per heavy atom. The van der Waals surface area contributed by atoms with Gasteiger partial charge >= 0.3 is 0 Å². The molecule has 0 aliphatic heterocycles. The highest BCUT2D eigenvalue weighted by atomic mass is 19.1. The van der Waals surface area contributed by atoms with Crippen molar-refractivity contribution in [3.05, 3.63) is 59.4 Å². The van der Waals surface area contributed by atoms with E-state index in [0.717, 1.165) is 18.4 Å². The molecule has 3 rings (SSSR count). The molecule has 0 atom stereocenters. The van der Waals surface area contributed by atoms with Gasteiger partial charge in [0.2, 0.25) is 5.91 Å². The van der Waals surface area contributed by atoms with Crippen molar-refractivity contribution in [2.24, 2.45) is 5.92 Å². The summed E-state index contributed by atoms with van der Waals surface area (Å²) in [5.74, 6) is -0.717. The van der Waals surface area contributed by atoms with Gasteiger partial charge in [-0.1, -0.05) is 6.07 Å². The summed E-state index contributed by atoms with van der Waals surface area (Å²) in [5, 5.41) is 5.35. The van der Waals surface area contributed by atoms with E-state index < -0.39 is 11.7 Å². The number of aryl methyl sites for hydroxylation is 1. The van der Waals surface area contributed by atoms with Crippen LogP contribution in [0.2, 0.25) is 0 Å². The minimum atomic E-state index is -0.466. The Balaban J connectivity index is 1.66. The van der Waals surface area contributed by atoms with E-state index in [0.29, 0.717) is 11.3 Å². The van der Waals surface area contributed by atoms with Gasteiger partial charge in [-0.2, -0.15) is 0 Å². The molecular weight excluding hydrogens is 295 g/mol. The molecule has 2 N–H and O–H groups in total. The Hall–Kier alpha value is -2.69. The number of anilines is 2. The molecule has 1 fully saturated rings. The van der Waals surface area contributed by atoms with E-state index in [1.165, 1.54) is 12.1 Å². The summed E-state index contributed by atoms with van der Waals surface area (Å²) in [7, 11) is 0. The van der Waals surface area contributed by atoms with Crippen LogP contribution in [0.5, 0.6) is 0 Å². The number of nitrogens with one attached hydrogen (secondary N) is 2. The predicted octanol–water partition coefficient (Wildman–Crippen LogP) is 3.73. The summed E-state index contributed by atoms with van der Waals surface area (Å²) in [4.78, 5) is 23.8. The molecule has 0 bridgehead atoms. The highest BCUT2D eigenvalue weighted by Crippen LogP contribution is 2.30. The molecular formula is C18H17FN2O2. The molecule has 0 aromatic heterocycles. The first-order chi connectivity index (χ1) is 11.0. The molecule has 2 aromatic rings. The second kappa shape index (κ2) is 6.20. The van der Waals surface area contributed by atoms with Crippen LogP contribution in [0.4, 0.5) is 15.8 Å². The molecule has 2 amide bonds. The third-order valence-electron chi connectivity index (χ3n) is 3.74. The van der Waals surface area contributed by atoms with E-state index in [2.05, 4.69) is 10.6 Å². The first-order valence-corrected chi connectivity index (χ1v) is 7.51. The highest BCUT2D eigenvalue weighted by molar-refractivity contribution is 6.04. The van der Waals surface area contributed by atoms with E-state index >= 15 is 0 Å². The Morgan fingerprint density at radius 2 is 1.74 bits per heavy atom. The molecule has 1 aliphatic carbocycles. The molecule has 0 unspecified atom stereocenters. The van der Waals surface area contributed by atoms with Crippen LogP contribution in [0.3, 0.4) is 0 Å². The fraction of sp³-hybridized carbons (Fsp3) is 0.222. The molecule has 0 radical (unpaired) electrons. The summed E-state index contributed by atoms with van der Waals surface area (Å²) in [5.41, 5.74) is 1.98. The summed E-state index contributed by atoms with van der Waals surface area (Å²) >= 11 is 0. The minimum Gasteiger partial charge on any atom is -0.326 e. The van der Waals surface area contributed by atoms with Crippen molar-refractivity contribution in [3.8, 4) is 0 Å². The van der Waals surface area contributed by atoms with Crippen LogP contribution in [0.1, 0.15) is 28.8 Å². The smallest absolute Gasteiger partial charge is 0.255 e. The van der Waals surface area contributed by atoms with Gasteiger partial charge in [0.25, 0.3) is 5.91 Å². The van der Waals surface area contributed by atoms with Crippen LogP contribution in [0, 0.1) is 18.7 Å². The van der Waals surface area contributed by atoms with E-state index in [1.807, 2.05) is 0 Å². The van der Waals surface area contributed by atoms with E-state index in [9.17, 15) is 14.0 Å². The minimum absolute atomic E-state index is 0.0175. The Bertz CT molecular complexity index is 752. The number of halogens is 1. The third-order valence-corrected chi connectivity index (χ3v) is 3.74. The summed E-state index contributed by atoms with van der Waals surface area (Å²) < 4.78 is 13.8. The number of hydrogen-bond donors (Lipinski definition) is 2. The fourth-order valence-electron chi connectivity index (χ4n) is 2.21. The zero-order valence-electron chi connectivity index (χ0n) is 12.7. The molecule has 0 saturated heterocycles. The number of hydrogen-bond acceptors (Lipinski definition) is 2. The monoisotopic (exact) mass is 312 g/mol. The lowest BCUT2D eigenvalue weighted by molar-refractivity contribution is -0.117. The first-order valence-electron chi connectivity index (χ1n) is 7.51. The average Bonchev–Trinajstić information content (AvgIpc) is 3.35. The lowest BCUT2D eigenvalue weighted by Crippen LogP contribution is -2.15. The fourth-order valence-corrected chi connectivity index (χ4v) is 2.21. The van der Waals surface area contributed by atoms with Crippen molar-refractivity contribution in [1.82, 2.24) is 0 Å². The molecule has 5 heteroatoms. The summed E-state index contributed by atoms with van der Waals surface area (Å²) in [6.07, 6.45) is 1.88. The van der Waals surface area contributed by atoms with Gasteiger partial charge in [-0.3, -0.25) is 9.59 Å². The molecule has 1 aliphatic rings. The highest BCUT2D eigenvalue weighted by Gasteiger charge is 2.29. The van der Waals surface area contributed by atoms with Gasteiger partial charge in [0.15, 0.2) is 0 Å². The SMILES string of the molecule is Cc1ccc(NC(=O)c2ccc(NC(=O)C3CC3)cc2)c(F)c1. The van der Waals surface area contributed by atoms with Gasteiger partial charge in [0, 0.05) is 17.2 Å². The zero-order chi connectivity index (χ0) is 16.4. The second-order valence-corrected chi connectivity index (χ2v) is 5.78. The Labute approximate surface area is 133 Å². The number of carbonyl (C=O) groups excluding carboxylic acids is 2. The van der Waals surface area contributed by atoms with Crippen molar-refractivity contribution < 1.29 is 14.0 Å². The van der Waals surface area contributed by atoms with Crippen molar-refractivity contribution in [3.63, 3.8) is 0 Å². The van der Waals surface area contributed by atoms with E-state index in [-0.39, 0.29) is 17.5 Å². The zero-order valence-corrected chi connectivity index (χ0v) is 12.7. The van der Waals surface area contributed by atoms with E-state index in [4.69, 9.17) is 0 Å². The second-order valence-electron chi connectivity index (χ2n) is 5.78. The van der Waals surface area contributed by atoms with Crippen molar-refractivity contribution in [1.29, 1.82) is 0 Å².